The van der Waals surface area contributed by atoms with Gasteiger partial charge in [0.15, 0.2) is 0 Å². The van der Waals surface area contributed by atoms with Crippen molar-refractivity contribution in [3.05, 3.63) is 53.1 Å². The van der Waals surface area contributed by atoms with Crippen molar-refractivity contribution >= 4 is 23.2 Å². The predicted molar refractivity (Wildman–Crippen MR) is 82.1 cm³/mol. The normalized spacial score (nSPS) is 10.2. The van der Waals surface area contributed by atoms with E-state index < -0.39 is 0 Å². The number of rotatable bonds is 5. The van der Waals surface area contributed by atoms with Gasteiger partial charge in [-0.3, -0.25) is 4.79 Å². The van der Waals surface area contributed by atoms with Crippen LogP contribution in [0.4, 0.5) is 5.69 Å². The number of ether oxygens (including phenoxy) is 1. The molecule has 2 aromatic rings. The van der Waals surface area contributed by atoms with Crippen LogP contribution in [0, 0.1) is 0 Å². The second-order valence-corrected chi connectivity index (χ2v) is 4.69. The third-order valence-electron chi connectivity index (χ3n) is 2.71. The number of hydrogen-bond acceptors (Lipinski definition) is 4. The van der Waals surface area contributed by atoms with Gasteiger partial charge in [0.2, 0.25) is 0 Å². The van der Waals surface area contributed by atoms with E-state index in [-0.39, 0.29) is 16.7 Å². The van der Waals surface area contributed by atoms with Gasteiger partial charge in [-0.1, -0.05) is 11.6 Å². The third-order valence-corrected chi connectivity index (χ3v) is 3.01. The molecule has 0 aliphatic heterocycles. The molecule has 110 valence electrons. The number of carbonyl (C=O) groups excluding carboxylic acids is 1. The monoisotopic (exact) mass is 306 g/mol. The standard InChI is InChI=1S/C15H15ClN2O3/c16-13-9-10(1-6-14(13)19)15(20)18-11-2-4-12(5-3-11)21-8-7-17/h1-6,9,19H,7-8,17H2,(H,18,20). The summed E-state index contributed by atoms with van der Waals surface area (Å²) in [6.07, 6.45) is 0. The van der Waals surface area contributed by atoms with Gasteiger partial charge in [0, 0.05) is 17.8 Å². The first-order valence-corrected chi connectivity index (χ1v) is 6.71. The summed E-state index contributed by atoms with van der Waals surface area (Å²) in [6, 6.07) is 11.2. The van der Waals surface area contributed by atoms with Crippen LogP contribution in [-0.4, -0.2) is 24.2 Å². The smallest absolute Gasteiger partial charge is 0.255 e. The average Bonchev–Trinajstić information content (AvgIpc) is 2.49. The minimum Gasteiger partial charge on any atom is -0.506 e. The van der Waals surface area contributed by atoms with Crippen molar-refractivity contribution in [2.75, 3.05) is 18.5 Å². The Morgan fingerprint density at radius 2 is 1.95 bits per heavy atom. The zero-order chi connectivity index (χ0) is 15.2. The number of benzene rings is 2. The molecule has 0 aliphatic rings. The average molecular weight is 307 g/mol. The lowest BCUT2D eigenvalue weighted by atomic mass is 10.2. The van der Waals surface area contributed by atoms with E-state index >= 15 is 0 Å². The molecular formula is C15H15ClN2O3. The van der Waals surface area contributed by atoms with Gasteiger partial charge in [0.25, 0.3) is 5.91 Å². The summed E-state index contributed by atoms with van der Waals surface area (Å²) < 4.78 is 5.35. The van der Waals surface area contributed by atoms with Crippen LogP contribution in [0.15, 0.2) is 42.5 Å². The topological polar surface area (TPSA) is 84.6 Å². The number of phenols is 1. The zero-order valence-corrected chi connectivity index (χ0v) is 11.9. The molecule has 6 heteroatoms. The second kappa shape index (κ2) is 6.97. The fourth-order valence-corrected chi connectivity index (χ4v) is 1.84. The van der Waals surface area contributed by atoms with Crippen LogP contribution in [0.2, 0.25) is 5.02 Å². The molecule has 0 radical (unpaired) electrons. The largest absolute Gasteiger partial charge is 0.506 e. The SMILES string of the molecule is NCCOc1ccc(NC(=O)c2ccc(O)c(Cl)c2)cc1. The molecule has 0 spiro atoms. The van der Waals surface area contributed by atoms with Crippen LogP contribution >= 0.6 is 11.6 Å². The molecular weight excluding hydrogens is 292 g/mol. The van der Waals surface area contributed by atoms with Gasteiger partial charge in [-0.05, 0) is 42.5 Å². The van der Waals surface area contributed by atoms with E-state index in [1.807, 2.05) is 0 Å². The number of hydrogen-bond donors (Lipinski definition) is 3. The first kappa shape index (κ1) is 15.2. The number of amides is 1. The molecule has 0 aromatic heterocycles. The molecule has 4 N–H and O–H groups in total. The Morgan fingerprint density at radius 1 is 1.24 bits per heavy atom. The molecule has 0 unspecified atom stereocenters. The van der Waals surface area contributed by atoms with Crippen molar-refractivity contribution in [3.63, 3.8) is 0 Å². The summed E-state index contributed by atoms with van der Waals surface area (Å²) >= 11 is 5.77. The van der Waals surface area contributed by atoms with Gasteiger partial charge in [-0.25, -0.2) is 0 Å². The van der Waals surface area contributed by atoms with Gasteiger partial charge in [-0.2, -0.15) is 0 Å². The summed E-state index contributed by atoms with van der Waals surface area (Å²) in [5.74, 6) is 0.313. The van der Waals surface area contributed by atoms with Crippen molar-refractivity contribution in [2.45, 2.75) is 0 Å². The van der Waals surface area contributed by atoms with Crippen LogP contribution in [-0.2, 0) is 0 Å². The van der Waals surface area contributed by atoms with Crippen LogP contribution in [0.3, 0.4) is 0 Å². The molecule has 1 amide bonds. The van der Waals surface area contributed by atoms with Crippen molar-refractivity contribution in [2.24, 2.45) is 5.73 Å². The number of nitrogens with two attached hydrogens (primary N) is 1. The van der Waals surface area contributed by atoms with E-state index in [9.17, 15) is 9.90 Å². The maximum atomic E-state index is 12.0. The third kappa shape index (κ3) is 4.11. The highest BCUT2D eigenvalue weighted by Crippen LogP contribution is 2.24. The van der Waals surface area contributed by atoms with E-state index in [4.69, 9.17) is 22.1 Å². The summed E-state index contributed by atoms with van der Waals surface area (Å²) in [5, 5.41) is 12.2. The highest BCUT2D eigenvalue weighted by molar-refractivity contribution is 6.32. The van der Waals surface area contributed by atoms with E-state index in [1.54, 1.807) is 24.3 Å². The lowest BCUT2D eigenvalue weighted by Gasteiger charge is -2.08. The predicted octanol–water partition coefficient (Wildman–Crippen LogP) is 2.64. The summed E-state index contributed by atoms with van der Waals surface area (Å²) in [5.41, 5.74) is 6.34. The Hall–Kier alpha value is -2.24. The van der Waals surface area contributed by atoms with Gasteiger partial charge < -0.3 is 20.9 Å². The minimum absolute atomic E-state index is 0.0605. The first-order chi connectivity index (χ1) is 10.1. The van der Waals surface area contributed by atoms with E-state index in [0.717, 1.165) is 0 Å². The van der Waals surface area contributed by atoms with Gasteiger partial charge in [-0.15, -0.1) is 0 Å². The summed E-state index contributed by atoms with van der Waals surface area (Å²) in [7, 11) is 0. The Kier molecular flexibility index (Phi) is 5.03. The maximum Gasteiger partial charge on any atom is 0.255 e. The van der Waals surface area contributed by atoms with E-state index in [0.29, 0.717) is 30.2 Å². The van der Waals surface area contributed by atoms with Crippen molar-refractivity contribution in [1.82, 2.24) is 0 Å². The summed E-state index contributed by atoms with van der Waals surface area (Å²) in [4.78, 5) is 12.0. The Bertz CT molecular complexity index is 629. The van der Waals surface area contributed by atoms with E-state index in [1.165, 1.54) is 18.2 Å². The number of aromatic hydroxyl groups is 1. The number of carbonyl (C=O) groups is 1. The quantitative estimate of drug-likeness (QED) is 0.793. The fraction of sp³-hybridized carbons (Fsp3) is 0.133. The molecule has 5 nitrogen and oxygen atoms in total. The molecule has 0 aliphatic carbocycles. The Balaban J connectivity index is 2.03. The number of anilines is 1. The maximum absolute atomic E-state index is 12.0. The van der Waals surface area contributed by atoms with Gasteiger partial charge in [0.05, 0.1) is 5.02 Å². The van der Waals surface area contributed by atoms with Crippen LogP contribution in [0.5, 0.6) is 11.5 Å². The lowest BCUT2D eigenvalue weighted by Crippen LogP contribution is -2.12. The van der Waals surface area contributed by atoms with Crippen molar-refractivity contribution in [1.29, 1.82) is 0 Å². The first-order valence-electron chi connectivity index (χ1n) is 6.33. The molecule has 2 rings (SSSR count). The van der Waals surface area contributed by atoms with Crippen molar-refractivity contribution in [3.8, 4) is 11.5 Å². The Labute approximate surface area is 127 Å². The van der Waals surface area contributed by atoms with Gasteiger partial charge >= 0.3 is 0 Å². The van der Waals surface area contributed by atoms with E-state index in [2.05, 4.69) is 5.32 Å². The molecule has 21 heavy (non-hydrogen) atoms. The zero-order valence-electron chi connectivity index (χ0n) is 11.2. The highest BCUT2D eigenvalue weighted by Gasteiger charge is 2.08. The number of halogens is 1. The van der Waals surface area contributed by atoms with Crippen LogP contribution < -0.4 is 15.8 Å². The lowest BCUT2D eigenvalue weighted by molar-refractivity contribution is 0.102. The number of phenolic OH excluding ortho intramolecular Hbond substituents is 1. The second-order valence-electron chi connectivity index (χ2n) is 4.28. The minimum atomic E-state index is -0.312. The fourth-order valence-electron chi connectivity index (χ4n) is 1.66. The highest BCUT2D eigenvalue weighted by atomic mass is 35.5. The number of nitrogens with one attached hydrogen (secondary N) is 1. The molecule has 0 fully saturated rings. The van der Waals surface area contributed by atoms with Crippen LogP contribution in [0.1, 0.15) is 10.4 Å². The molecule has 0 saturated heterocycles. The molecule has 0 atom stereocenters. The van der Waals surface area contributed by atoms with Crippen molar-refractivity contribution < 1.29 is 14.6 Å². The summed E-state index contributed by atoms with van der Waals surface area (Å²) in [6.45, 7) is 0.887. The molecule has 2 aromatic carbocycles. The molecule has 0 bridgehead atoms. The molecule has 0 heterocycles. The van der Waals surface area contributed by atoms with Crippen LogP contribution in [0.25, 0.3) is 0 Å². The van der Waals surface area contributed by atoms with Gasteiger partial charge in [0.1, 0.15) is 18.1 Å². The Morgan fingerprint density at radius 3 is 2.57 bits per heavy atom. The molecule has 0 saturated carbocycles.